The zero-order chi connectivity index (χ0) is 17.9. The van der Waals surface area contributed by atoms with Crippen LogP contribution in [0.3, 0.4) is 0 Å². The van der Waals surface area contributed by atoms with E-state index in [0.717, 1.165) is 48.4 Å². The molecule has 1 fully saturated rings. The first kappa shape index (κ1) is 16.6. The lowest BCUT2D eigenvalue weighted by Gasteiger charge is -2.28. The molecule has 0 atom stereocenters. The van der Waals surface area contributed by atoms with Gasteiger partial charge in [-0.3, -0.25) is 0 Å². The van der Waals surface area contributed by atoms with E-state index in [1.807, 2.05) is 22.8 Å². The van der Waals surface area contributed by atoms with Gasteiger partial charge in [0.15, 0.2) is 5.65 Å². The summed E-state index contributed by atoms with van der Waals surface area (Å²) in [7, 11) is 0. The largest absolute Gasteiger partial charge is 0.366 e. The van der Waals surface area contributed by atoms with Crippen LogP contribution >= 0.6 is 0 Å². The second-order valence-corrected chi connectivity index (χ2v) is 7.23. The van der Waals surface area contributed by atoms with Gasteiger partial charge < -0.3 is 5.32 Å². The van der Waals surface area contributed by atoms with E-state index >= 15 is 0 Å². The minimum Gasteiger partial charge on any atom is -0.366 e. The van der Waals surface area contributed by atoms with Gasteiger partial charge in [0.2, 0.25) is 0 Å². The first-order chi connectivity index (χ1) is 12.7. The number of rotatable bonds is 4. The van der Waals surface area contributed by atoms with Gasteiger partial charge in [0, 0.05) is 18.0 Å². The van der Waals surface area contributed by atoms with Crippen LogP contribution in [0.25, 0.3) is 16.9 Å². The highest BCUT2D eigenvalue weighted by molar-refractivity contribution is 5.64. The van der Waals surface area contributed by atoms with Gasteiger partial charge in [0.05, 0.1) is 18.0 Å². The van der Waals surface area contributed by atoms with Crippen LogP contribution in [0.5, 0.6) is 0 Å². The number of hydrogen-bond acceptors (Lipinski definition) is 4. The second-order valence-electron chi connectivity index (χ2n) is 7.23. The third kappa shape index (κ3) is 3.41. The first-order valence-corrected chi connectivity index (χ1v) is 9.28. The molecule has 3 aromatic rings. The lowest BCUT2D eigenvalue weighted by Crippen LogP contribution is -2.26. The van der Waals surface area contributed by atoms with Crippen molar-refractivity contribution >= 4 is 11.5 Å². The molecule has 26 heavy (non-hydrogen) atoms. The lowest BCUT2D eigenvalue weighted by atomic mass is 9.84. The van der Waals surface area contributed by atoms with Crippen molar-refractivity contribution in [2.24, 2.45) is 5.92 Å². The van der Waals surface area contributed by atoms with Crippen molar-refractivity contribution in [3.63, 3.8) is 0 Å². The standard InChI is InChI=1S/C21H23N5/c1-15-3-2-4-17(13-15)19-14-23-21-10-9-20(25-26(19)21)24-18-7-5-16(6-8-18)11-12-22/h2-4,9-10,13-14,16,18H,5-8,11H2,1H3,(H,24,25)/t16-,18-. The fourth-order valence-corrected chi connectivity index (χ4v) is 3.80. The normalized spacial score (nSPS) is 20.0. The van der Waals surface area contributed by atoms with Gasteiger partial charge in [-0.15, -0.1) is 5.10 Å². The summed E-state index contributed by atoms with van der Waals surface area (Å²) in [6.45, 7) is 2.09. The quantitative estimate of drug-likeness (QED) is 0.751. The van der Waals surface area contributed by atoms with Crippen molar-refractivity contribution in [1.29, 1.82) is 5.26 Å². The average molecular weight is 345 g/mol. The molecule has 132 valence electrons. The summed E-state index contributed by atoms with van der Waals surface area (Å²) in [6.07, 6.45) is 7.00. The highest BCUT2D eigenvalue weighted by Crippen LogP contribution is 2.28. The summed E-state index contributed by atoms with van der Waals surface area (Å²) in [5.41, 5.74) is 4.20. The molecule has 5 nitrogen and oxygen atoms in total. The first-order valence-electron chi connectivity index (χ1n) is 9.28. The molecule has 2 heterocycles. The topological polar surface area (TPSA) is 66.0 Å². The number of aromatic nitrogens is 3. The summed E-state index contributed by atoms with van der Waals surface area (Å²) >= 11 is 0. The maximum Gasteiger partial charge on any atom is 0.154 e. The van der Waals surface area contributed by atoms with Crippen LogP contribution < -0.4 is 5.32 Å². The van der Waals surface area contributed by atoms with Crippen LogP contribution in [-0.4, -0.2) is 20.6 Å². The SMILES string of the molecule is Cc1cccc(-c2cnc3ccc(N[C@H]4CC[C@H](CC#N)CC4)nn23)c1. The van der Waals surface area contributed by atoms with Gasteiger partial charge in [0.1, 0.15) is 5.82 Å². The lowest BCUT2D eigenvalue weighted by molar-refractivity contribution is 0.342. The Morgan fingerprint density at radius 1 is 1.19 bits per heavy atom. The summed E-state index contributed by atoms with van der Waals surface area (Å²) in [5.74, 6) is 1.45. The summed E-state index contributed by atoms with van der Waals surface area (Å²) < 4.78 is 1.92. The van der Waals surface area contributed by atoms with E-state index in [-0.39, 0.29) is 0 Å². The Morgan fingerprint density at radius 3 is 2.81 bits per heavy atom. The third-order valence-corrected chi connectivity index (χ3v) is 5.25. The number of nitriles is 1. The number of aryl methyl sites for hydroxylation is 1. The minimum absolute atomic E-state index is 0.431. The molecule has 1 aliphatic carbocycles. The highest BCUT2D eigenvalue weighted by atomic mass is 15.3. The Balaban J connectivity index is 1.54. The third-order valence-electron chi connectivity index (χ3n) is 5.25. The van der Waals surface area contributed by atoms with Gasteiger partial charge in [-0.1, -0.05) is 23.8 Å². The van der Waals surface area contributed by atoms with Gasteiger partial charge in [-0.05, 0) is 56.7 Å². The average Bonchev–Trinajstić information content (AvgIpc) is 3.07. The van der Waals surface area contributed by atoms with Crippen LogP contribution in [-0.2, 0) is 0 Å². The minimum atomic E-state index is 0.431. The van der Waals surface area contributed by atoms with Gasteiger partial charge in [-0.2, -0.15) is 5.26 Å². The fraction of sp³-hybridized carbons (Fsp3) is 0.381. The fourth-order valence-electron chi connectivity index (χ4n) is 3.80. The molecule has 0 bridgehead atoms. The maximum absolute atomic E-state index is 8.85. The molecular weight excluding hydrogens is 322 g/mol. The zero-order valence-corrected chi connectivity index (χ0v) is 15.0. The highest BCUT2D eigenvalue weighted by Gasteiger charge is 2.21. The second kappa shape index (κ2) is 7.17. The number of benzene rings is 1. The van der Waals surface area contributed by atoms with Crippen molar-refractivity contribution in [2.45, 2.75) is 45.1 Å². The monoisotopic (exact) mass is 345 g/mol. The van der Waals surface area contributed by atoms with Crippen LogP contribution in [0.1, 0.15) is 37.7 Å². The molecule has 0 aliphatic heterocycles. The molecule has 0 radical (unpaired) electrons. The van der Waals surface area contributed by atoms with E-state index in [2.05, 4.69) is 47.6 Å². The Labute approximate surface area is 153 Å². The van der Waals surface area contributed by atoms with Gasteiger partial charge in [0.25, 0.3) is 0 Å². The van der Waals surface area contributed by atoms with Crippen molar-refractivity contribution < 1.29 is 0 Å². The Morgan fingerprint density at radius 2 is 2.04 bits per heavy atom. The van der Waals surface area contributed by atoms with E-state index in [4.69, 9.17) is 10.4 Å². The van der Waals surface area contributed by atoms with Crippen molar-refractivity contribution in [3.05, 3.63) is 48.2 Å². The predicted molar refractivity (Wildman–Crippen MR) is 103 cm³/mol. The number of nitrogens with one attached hydrogen (secondary N) is 1. The Kier molecular flexibility index (Phi) is 4.57. The Hall–Kier alpha value is -2.87. The predicted octanol–water partition coefficient (Wildman–Crippen LogP) is 4.59. The Bertz CT molecular complexity index is 944. The molecule has 1 aromatic carbocycles. The number of fused-ring (bicyclic) bond motifs is 1. The van der Waals surface area contributed by atoms with Crippen molar-refractivity contribution in [1.82, 2.24) is 14.6 Å². The summed E-state index contributed by atoms with van der Waals surface area (Å²) in [6, 6.07) is 15.1. The van der Waals surface area contributed by atoms with Gasteiger partial charge >= 0.3 is 0 Å². The molecule has 2 aromatic heterocycles. The van der Waals surface area contributed by atoms with Crippen molar-refractivity contribution in [2.75, 3.05) is 5.32 Å². The molecular formula is C21H23N5. The molecule has 0 unspecified atom stereocenters. The molecule has 0 amide bonds. The van der Waals surface area contributed by atoms with Gasteiger partial charge in [-0.25, -0.2) is 9.50 Å². The molecule has 1 saturated carbocycles. The van der Waals surface area contributed by atoms with Crippen LogP contribution in [0, 0.1) is 24.2 Å². The molecule has 5 heteroatoms. The molecule has 1 N–H and O–H groups in total. The van der Waals surface area contributed by atoms with E-state index in [1.165, 1.54) is 5.56 Å². The molecule has 1 aliphatic rings. The number of nitrogens with zero attached hydrogens (tertiary/aromatic N) is 4. The maximum atomic E-state index is 8.85. The van der Waals surface area contributed by atoms with E-state index in [1.54, 1.807) is 0 Å². The summed E-state index contributed by atoms with van der Waals surface area (Å²) in [4.78, 5) is 4.49. The van der Waals surface area contributed by atoms with E-state index in [9.17, 15) is 0 Å². The smallest absolute Gasteiger partial charge is 0.154 e. The van der Waals surface area contributed by atoms with Crippen molar-refractivity contribution in [3.8, 4) is 17.3 Å². The molecule has 4 rings (SSSR count). The van der Waals surface area contributed by atoms with Crippen LogP contribution in [0.2, 0.25) is 0 Å². The van der Waals surface area contributed by atoms with E-state index in [0.29, 0.717) is 18.4 Å². The molecule has 0 saturated heterocycles. The van der Waals surface area contributed by atoms with E-state index < -0.39 is 0 Å². The summed E-state index contributed by atoms with van der Waals surface area (Å²) in [5, 5.41) is 17.2. The van der Waals surface area contributed by atoms with Crippen LogP contribution in [0.15, 0.2) is 42.6 Å². The number of anilines is 1. The molecule has 0 spiro atoms. The number of hydrogen-bond donors (Lipinski definition) is 1. The zero-order valence-electron chi connectivity index (χ0n) is 15.0. The number of imidazole rings is 1. The van der Waals surface area contributed by atoms with Crippen LogP contribution in [0.4, 0.5) is 5.82 Å².